The van der Waals surface area contributed by atoms with Crippen LogP contribution in [0.1, 0.15) is 17.8 Å². The summed E-state index contributed by atoms with van der Waals surface area (Å²) in [6.07, 6.45) is 4.23. The summed E-state index contributed by atoms with van der Waals surface area (Å²) in [7, 11) is 0. The maximum absolute atomic E-state index is 12.2. The minimum atomic E-state index is -0.186. The molecule has 1 amide bonds. The Labute approximate surface area is 161 Å². The van der Waals surface area contributed by atoms with Crippen LogP contribution in [0, 0.1) is 0 Å². The number of aromatic nitrogens is 4. The molecule has 2 aromatic heterocycles. The van der Waals surface area contributed by atoms with Crippen LogP contribution in [0.4, 0.5) is 0 Å². The Morgan fingerprint density at radius 3 is 2.71 bits per heavy atom. The molecule has 4 rings (SSSR count). The van der Waals surface area contributed by atoms with Gasteiger partial charge in [-0.15, -0.1) is 0 Å². The van der Waals surface area contributed by atoms with Crippen molar-refractivity contribution in [3.63, 3.8) is 0 Å². The summed E-state index contributed by atoms with van der Waals surface area (Å²) in [6, 6.07) is 16.9. The van der Waals surface area contributed by atoms with Crippen molar-refractivity contribution in [2.24, 2.45) is 0 Å². The molecule has 0 unspecified atom stereocenters. The summed E-state index contributed by atoms with van der Waals surface area (Å²) >= 11 is 0. The Bertz CT molecular complexity index is 1160. The number of hydrogen-bond acceptors (Lipinski definition) is 4. The summed E-state index contributed by atoms with van der Waals surface area (Å²) in [5.41, 5.74) is 2.32. The van der Waals surface area contributed by atoms with E-state index in [1.54, 1.807) is 29.1 Å². The summed E-state index contributed by atoms with van der Waals surface area (Å²) in [6.45, 7) is 0.396. The van der Waals surface area contributed by atoms with Crippen LogP contribution < -0.4 is 10.9 Å². The third-order valence-electron chi connectivity index (χ3n) is 4.40. The summed E-state index contributed by atoms with van der Waals surface area (Å²) in [5, 5.41) is 7.73. The van der Waals surface area contributed by atoms with Gasteiger partial charge in [-0.3, -0.25) is 9.59 Å². The van der Waals surface area contributed by atoms with Gasteiger partial charge in [-0.2, -0.15) is 5.10 Å². The van der Waals surface area contributed by atoms with Gasteiger partial charge >= 0.3 is 0 Å². The number of rotatable bonds is 6. The van der Waals surface area contributed by atoms with Crippen LogP contribution in [-0.4, -0.2) is 25.7 Å². The first-order chi connectivity index (χ1) is 13.7. The molecule has 0 fully saturated rings. The van der Waals surface area contributed by atoms with Crippen LogP contribution in [0.5, 0.6) is 0 Å². The first-order valence-corrected chi connectivity index (χ1v) is 9.03. The lowest BCUT2D eigenvalue weighted by Crippen LogP contribution is -2.23. The highest BCUT2D eigenvalue weighted by Gasteiger charge is 2.08. The van der Waals surface area contributed by atoms with E-state index in [0.717, 1.165) is 11.3 Å². The van der Waals surface area contributed by atoms with Crippen LogP contribution in [0.25, 0.3) is 16.6 Å². The average Bonchev–Trinajstić information content (AvgIpc) is 3.21. The smallest absolute Gasteiger partial charge is 0.258 e. The molecule has 0 aliphatic heterocycles. The van der Waals surface area contributed by atoms with Gasteiger partial charge in [0.2, 0.25) is 5.91 Å². The number of hydrogen-bond donors (Lipinski definition) is 2. The largest absolute Gasteiger partial charge is 0.352 e. The number of para-hydroxylation sites is 2. The van der Waals surface area contributed by atoms with Crippen molar-refractivity contribution in [1.29, 1.82) is 0 Å². The van der Waals surface area contributed by atoms with Crippen molar-refractivity contribution in [3.8, 4) is 5.69 Å². The van der Waals surface area contributed by atoms with Gasteiger partial charge in [0.1, 0.15) is 5.82 Å². The zero-order valence-electron chi connectivity index (χ0n) is 15.1. The van der Waals surface area contributed by atoms with Crippen molar-refractivity contribution in [2.45, 2.75) is 19.4 Å². The molecule has 7 heteroatoms. The summed E-state index contributed by atoms with van der Waals surface area (Å²) in [5.74, 6) is 0.402. The van der Waals surface area contributed by atoms with E-state index in [4.69, 9.17) is 0 Å². The first-order valence-electron chi connectivity index (χ1n) is 9.03. The van der Waals surface area contributed by atoms with E-state index < -0.39 is 0 Å². The quantitative estimate of drug-likeness (QED) is 0.543. The molecule has 4 aromatic rings. The second-order valence-electron chi connectivity index (χ2n) is 6.44. The van der Waals surface area contributed by atoms with E-state index in [0.29, 0.717) is 29.7 Å². The molecule has 0 saturated heterocycles. The van der Waals surface area contributed by atoms with Crippen molar-refractivity contribution in [2.75, 3.05) is 0 Å². The van der Waals surface area contributed by atoms with Gasteiger partial charge in [-0.1, -0.05) is 30.3 Å². The Hall–Kier alpha value is -3.74. The third-order valence-corrected chi connectivity index (χ3v) is 4.40. The molecule has 0 spiro atoms. The lowest BCUT2D eigenvalue weighted by atomic mass is 10.2. The number of carbonyl (C=O) groups excluding carboxylic acids is 1. The molecule has 0 radical (unpaired) electrons. The molecular formula is C21H19N5O2. The summed E-state index contributed by atoms with van der Waals surface area (Å²) in [4.78, 5) is 31.4. The van der Waals surface area contributed by atoms with Crippen molar-refractivity contribution >= 4 is 16.8 Å². The molecule has 0 saturated carbocycles. The number of H-pyrrole nitrogens is 1. The molecule has 0 atom stereocenters. The van der Waals surface area contributed by atoms with Gasteiger partial charge in [-0.05, 0) is 24.3 Å². The fourth-order valence-corrected chi connectivity index (χ4v) is 2.95. The Kier molecular flexibility index (Phi) is 4.97. The van der Waals surface area contributed by atoms with E-state index in [-0.39, 0.29) is 17.9 Å². The number of fused-ring (bicyclic) bond motifs is 1. The van der Waals surface area contributed by atoms with E-state index >= 15 is 0 Å². The molecular weight excluding hydrogens is 354 g/mol. The highest BCUT2D eigenvalue weighted by atomic mass is 16.1. The number of benzene rings is 2. The van der Waals surface area contributed by atoms with Crippen molar-refractivity contribution in [3.05, 3.63) is 88.7 Å². The molecule has 0 aliphatic rings. The standard InChI is InChI=1S/C21H19N5O2/c27-20(11-10-19-24-18-9-5-4-8-17(18)21(28)25-19)22-12-15-13-23-26(14-15)16-6-2-1-3-7-16/h1-9,13-14H,10-12H2,(H,22,27)(H,24,25,28). The number of carbonyl (C=O) groups is 1. The predicted octanol–water partition coefficient (Wildman–Crippen LogP) is 2.36. The summed E-state index contributed by atoms with van der Waals surface area (Å²) < 4.78 is 1.77. The molecule has 7 nitrogen and oxygen atoms in total. The molecule has 0 aliphatic carbocycles. The SMILES string of the molecule is O=C(CCc1nc2ccccc2c(=O)[nH]1)NCc1cnn(-c2ccccc2)c1. The minimum Gasteiger partial charge on any atom is -0.352 e. The van der Waals surface area contributed by atoms with E-state index in [9.17, 15) is 9.59 Å². The van der Waals surface area contributed by atoms with Crippen LogP contribution in [0.2, 0.25) is 0 Å². The van der Waals surface area contributed by atoms with Crippen LogP contribution in [0.3, 0.4) is 0 Å². The lowest BCUT2D eigenvalue weighted by molar-refractivity contribution is -0.121. The van der Waals surface area contributed by atoms with Crippen molar-refractivity contribution in [1.82, 2.24) is 25.1 Å². The van der Waals surface area contributed by atoms with Gasteiger partial charge in [0.05, 0.1) is 22.8 Å². The predicted molar refractivity (Wildman–Crippen MR) is 106 cm³/mol. The Morgan fingerprint density at radius 1 is 1.07 bits per heavy atom. The van der Waals surface area contributed by atoms with E-state index in [2.05, 4.69) is 20.4 Å². The molecule has 2 aromatic carbocycles. The fourth-order valence-electron chi connectivity index (χ4n) is 2.95. The fraction of sp³-hybridized carbons (Fsp3) is 0.143. The van der Waals surface area contributed by atoms with Crippen LogP contribution in [-0.2, 0) is 17.8 Å². The highest BCUT2D eigenvalue weighted by molar-refractivity contribution is 5.78. The monoisotopic (exact) mass is 373 g/mol. The van der Waals surface area contributed by atoms with Gasteiger partial charge in [0.15, 0.2) is 0 Å². The van der Waals surface area contributed by atoms with Crippen LogP contribution >= 0.6 is 0 Å². The lowest BCUT2D eigenvalue weighted by Gasteiger charge is -2.05. The van der Waals surface area contributed by atoms with Crippen molar-refractivity contribution < 1.29 is 4.79 Å². The second-order valence-corrected chi connectivity index (χ2v) is 6.44. The maximum atomic E-state index is 12.2. The van der Waals surface area contributed by atoms with Gasteiger partial charge in [-0.25, -0.2) is 9.67 Å². The minimum absolute atomic E-state index is 0.108. The van der Waals surface area contributed by atoms with Gasteiger partial charge in [0, 0.05) is 31.1 Å². The molecule has 28 heavy (non-hydrogen) atoms. The van der Waals surface area contributed by atoms with Gasteiger partial charge in [0.25, 0.3) is 5.56 Å². The Balaban J connectivity index is 1.33. The normalized spacial score (nSPS) is 10.9. The highest BCUT2D eigenvalue weighted by Crippen LogP contribution is 2.08. The van der Waals surface area contributed by atoms with Crippen LogP contribution in [0.15, 0.2) is 71.8 Å². The molecule has 2 heterocycles. The van der Waals surface area contributed by atoms with E-state index in [1.165, 1.54) is 0 Å². The topological polar surface area (TPSA) is 92.7 Å². The zero-order chi connectivity index (χ0) is 19.3. The number of nitrogens with zero attached hydrogens (tertiary/aromatic N) is 3. The second kappa shape index (κ2) is 7.87. The Morgan fingerprint density at radius 2 is 1.86 bits per heavy atom. The number of amides is 1. The molecule has 0 bridgehead atoms. The maximum Gasteiger partial charge on any atom is 0.258 e. The van der Waals surface area contributed by atoms with Gasteiger partial charge < -0.3 is 10.3 Å². The average molecular weight is 373 g/mol. The third kappa shape index (κ3) is 3.98. The molecule has 140 valence electrons. The van der Waals surface area contributed by atoms with E-state index in [1.807, 2.05) is 42.6 Å². The molecule has 2 N–H and O–H groups in total. The number of aromatic amines is 1. The number of nitrogens with one attached hydrogen (secondary N) is 2. The zero-order valence-corrected chi connectivity index (χ0v) is 15.1. The number of aryl methyl sites for hydroxylation is 1. The first kappa shape index (κ1) is 17.7.